The van der Waals surface area contributed by atoms with Gasteiger partial charge in [-0.1, -0.05) is 54.3 Å². The lowest BCUT2D eigenvalue weighted by molar-refractivity contribution is -0.136. The number of nitrogens with one attached hydrogen (secondary N) is 4. The number of carbonyl (C=O) groups is 8. The van der Waals surface area contributed by atoms with Crippen LogP contribution in [-0.2, 0) is 25.7 Å². The van der Waals surface area contributed by atoms with Crippen LogP contribution in [0.25, 0.3) is 0 Å². The van der Waals surface area contributed by atoms with Gasteiger partial charge in [-0.3, -0.25) is 53.9 Å². The molecule has 2 fully saturated rings. The summed E-state index contributed by atoms with van der Waals surface area (Å²) in [7, 11) is 0. The number of aromatic nitrogens is 2. The monoisotopic (exact) mass is 917 g/mol. The van der Waals surface area contributed by atoms with Crippen LogP contribution in [0.5, 0.6) is 0 Å². The van der Waals surface area contributed by atoms with Crippen molar-refractivity contribution in [1.82, 2.24) is 35.3 Å². The molecule has 9 rings (SSSR count). The minimum atomic E-state index is -1.06. The van der Waals surface area contributed by atoms with Crippen LogP contribution in [0.1, 0.15) is 108 Å². The van der Waals surface area contributed by atoms with E-state index in [1.54, 1.807) is 51.7 Å². The van der Waals surface area contributed by atoms with Gasteiger partial charge >= 0.3 is 0 Å². The van der Waals surface area contributed by atoms with Crippen LogP contribution in [0, 0.1) is 11.8 Å². The molecule has 2 aromatic heterocycles. The molecule has 18 heteroatoms. The third-order valence-corrected chi connectivity index (χ3v) is 12.8. The van der Waals surface area contributed by atoms with Crippen LogP contribution in [0.4, 0.5) is 10.8 Å². The third-order valence-electron chi connectivity index (χ3n) is 12.2. The number of hydrogen-bond acceptors (Lipinski definition) is 12. The largest absolute Gasteiger partial charge is 0.384 e. The number of carbonyl (C=O) groups excluding carboxylic acids is 8. The Morgan fingerprint density at radius 2 is 1.63 bits per heavy atom. The summed E-state index contributed by atoms with van der Waals surface area (Å²) >= 11 is 1.30. The SMILES string of the molecule is O=C1CCC(N2C(=O)c3cccc(NCCCC(=O)N4CCC(NC(=O)c5ccc(C#Cc6ccc7c(c6)C(=O)N(C(C(=O)Nc6nccs6)c6ccccc6)C7)cn5)CC4)c3C2=O)C(=O)N1. The summed E-state index contributed by atoms with van der Waals surface area (Å²) in [5, 5.41) is 13.4. The first kappa shape index (κ1) is 44.2. The zero-order chi connectivity index (χ0) is 46.6. The maximum atomic E-state index is 13.8. The molecule has 5 aromatic rings. The van der Waals surface area contributed by atoms with Crippen molar-refractivity contribution in [3.05, 3.63) is 141 Å². The van der Waals surface area contributed by atoms with Crippen molar-refractivity contribution < 1.29 is 38.4 Å². The van der Waals surface area contributed by atoms with Crippen LogP contribution in [-0.4, -0.2) is 104 Å². The lowest BCUT2D eigenvalue weighted by atomic mass is 10.0. The predicted octanol–water partition coefficient (Wildman–Crippen LogP) is 4.29. The van der Waals surface area contributed by atoms with Crippen LogP contribution in [0.15, 0.2) is 96.6 Å². The lowest BCUT2D eigenvalue weighted by Crippen LogP contribution is -2.54. The van der Waals surface area contributed by atoms with Crippen molar-refractivity contribution in [2.24, 2.45) is 0 Å². The fourth-order valence-corrected chi connectivity index (χ4v) is 9.27. The molecule has 0 radical (unpaired) electrons. The molecule has 4 aliphatic heterocycles. The van der Waals surface area contributed by atoms with E-state index in [-0.39, 0.29) is 72.3 Å². The van der Waals surface area contributed by atoms with Crippen molar-refractivity contribution >= 4 is 69.4 Å². The standard InChI is InChI=1S/C49H43N9O8S/c59-39-18-17-38(44(62)54-39)58-47(65)34-8-4-9-36(41(34)48(58)66)50-21-5-10-40(60)56-23-19-33(20-24-56)53-43(61)37-16-14-30(27-52-37)12-11-29-13-15-32-28-57(46(64)35(32)26-29)42(31-6-2-1-3-7-31)45(63)55-49-51-22-25-67-49/h1-4,6-9,13-16,22,25-27,33,38,42,50H,5,10,17-21,23-24,28H2,(H,53,61)(H,51,55,63)(H,54,59,62). The molecule has 2 unspecified atom stereocenters. The van der Waals surface area contributed by atoms with E-state index < -0.39 is 35.7 Å². The number of rotatable bonds is 12. The zero-order valence-electron chi connectivity index (χ0n) is 36.0. The molecule has 2 atom stereocenters. The molecule has 67 heavy (non-hydrogen) atoms. The Bertz CT molecular complexity index is 2870. The first-order valence-corrected chi connectivity index (χ1v) is 22.7. The molecule has 17 nitrogen and oxygen atoms in total. The van der Waals surface area contributed by atoms with Gasteiger partial charge in [-0.2, -0.15) is 0 Å². The van der Waals surface area contributed by atoms with Crippen LogP contribution in [0.2, 0.25) is 0 Å². The summed E-state index contributed by atoms with van der Waals surface area (Å²) in [6.07, 6.45) is 5.07. The van der Waals surface area contributed by atoms with Crippen LogP contribution >= 0.6 is 11.3 Å². The van der Waals surface area contributed by atoms with Crippen molar-refractivity contribution in [2.75, 3.05) is 30.3 Å². The maximum Gasteiger partial charge on any atom is 0.270 e. The topological polar surface area (TPSA) is 220 Å². The highest BCUT2D eigenvalue weighted by atomic mass is 32.1. The number of fused-ring (bicyclic) bond motifs is 2. The van der Waals surface area contributed by atoms with E-state index in [0.717, 1.165) is 10.5 Å². The minimum absolute atomic E-state index is 0.0314. The van der Waals surface area contributed by atoms with E-state index in [1.165, 1.54) is 23.6 Å². The molecule has 4 N–H and O–H groups in total. The Kier molecular flexibility index (Phi) is 12.7. The Balaban J connectivity index is 0.729. The Labute approximate surface area is 388 Å². The van der Waals surface area contributed by atoms with Gasteiger partial charge in [0, 0.05) is 85.2 Å². The summed E-state index contributed by atoms with van der Waals surface area (Å²) in [4.78, 5) is 117. The molecule has 0 spiro atoms. The van der Waals surface area contributed by atoms with Gasteiger partial charge in [-0.15, -0.1) is 11.3 Å². The average molecular weight is 918 g/mol. The highest BCUT2D eigenvalue weighted by molar-refractivity contribution is 7.13. The molecule has 0 aliphatic carbocycles. The van der Waals surface area contributed by atoms with E-state index in [4.69, 9.17) is 0 Å². The fourth-order valence-electron chi connectivity index (χ4n) is 8.74. The normalized spacial score (nSPS) is 17.3. The van der Waals surface area contributed by atoms with E-state index in [0.29, 0.717) is 72.0 Å². The van der Waals surface area contributed by atoms with Crippen molar-refractivity contribution in [3.63, 3.8) is 0 Å². The zero-order valence-corrected chi connectivity index (χ0v) is 36.8. The molecular weight excluding hydrogens is 875 g/mol. The van der Waals surface area contributed by atoms with Gasteiger partial charge in [0.25, 0.3) is 29.5 Å². The molecular formula is C49H43N9O8S. The van der Waals surface area contributed by atoms with Gasteiger partial charge in [-0.05, 0) is 73.2 Å². The number of hydrogen-bond donors (Lipinski definition) is 4. The number of anilines is 2. The first-order valence-electron chi connectivity index (χ1n) is 21.9. The minimum Gasteiger partial charge on any atom is -0.384 e. The van der Waals surface area contributed by atoms with Gasteiger partial charge in [0.2, 0.25) is 17.7 Å². The van der Waals surface area contributed by atoms with Crippen molar-refractivity contribution in [3.8, 4) is 11.8 Å². The number of thiazole rings is 1. The second-order valence-corrected chi connectivity index (χ2v) is 17.4. The number of imide groups is 2. The van der Waals surface area contributed by atoms with Crippen molar-refractivity contribution in [1.29, 1.82) is 0 Å². The van der Waals surface area contributed by atoms with Gasteiger partial charge in [0.05, 0.1) is 11.1 Å². The number of pyridine rings is 1. The number of amides is 8. The lowest BCUT2D eigenvalue weighted by Gasteiger charge is -2.32. The summed E-state index contributed by atoms with van der Waals surface area (Å²) in [6, 6.07) is 20.6. The third kappa shape index (κ3) is 9.40. The molecule has 0 saturated carbocycles. The molecule has 3 aromatic carbocycles. The molecule has 4 aliphatic rings. The second-order valence-electron chi connectivity index (χ2n) is 16.5. The summed E-state index contributed by atoms with van der Waals surface area (Å²) in [5.74, 6) is 2.84. The first-order chi connectivity index (χ1) is 32.5. The smallest absolute Gasteiger partial charge is 0.270 e. The van der Waals surface area contributed by atoms with E-state index in [1.807, 2.05) is 42.5 Å². The highest BCUT2D eigenvalue weighted by Gasteiger charge is 2.46. The maximum absolute atomic E-state index is 13.8. The van der Waals surface area contributed by atoms with E-state index >= 15 is 0 Å². The molecule has 6 heterocycles. The van der Waals surface area contributed by atoms with Gasteiger partial charge in [0.15, 0.2) is 5.13 Å². The quantitative estimate of drug-likeness (QED) is 0.0786. The van der Waals surface area contributed by atoms with Gasteiger partial charge in [0.1, 0.15) is 17.8 Å². The summed E-state index contributed by atoms with van der Waals surface area (Å²) in [5.41, 5.74) is 4.11. The number of nitrogens with zero attached hydrogens (tertiary/aromatic N) is 5. The molecule has 8 amide bonds. The van der Waals surface area contributed by atoms with Crippen LogP contribution < -0.4 is 21.3 Å². The highest BCUT2D eigenvalue weighted by Crippen LogP contribution is 2.34. The van der Waals surface area contributed by atoms with Crippen LogP contribution in [0.3, 0.4) is 0 Å². The molecule has 0 bridgehead atoms. The van der Waals surface area contributed by atoms with Gasteiger partial charge < -0.3 is 20.4 Å². The Morgan fingerprint density at radius 1 is 0.836 bits per heavy atom. The summed E-state index contributed by atoms with van der Waals surface area (Å²) in [6.45, 7) is 1.55. The second kappa shape index (κ2) is 19.2. The average Bonchev–Trinajstić information content (AvgIpc) is 4.04. The fraction of sp³-hybridized carbons (Fsp3) is 0.265. The predicted molar refractivity (Wildman–Crippen MR) is 244 cm³/mol. The number of likely N-dealkylation sites (tertiary alicyclic amines) is 1. The molecule has 2 saturated heterocycles. The Morgan fingerprint density at radius 3 is 2.37 bits per heavy atom. The summed E-state index contributed by atoms with van der Waals surface area (Å²) < 4.78 is 0. The number of piperidine rings is 2. The Hall–Kier alpha value is -8.04. The van der Waals surface area contributed by atoms with E-state index in [2.05, 4.69) is 43.1 Å². The number of benzene rings is 3. The molecule has 338 valence electrons. The van der Waals surface area contributed by atoms with Crippen molar-refractivity contribution in [2.45, 2.75) is 63.2 Å². The van der Waals surface area contributed by atoms with Gasteiger partial charge in [-0.25, -0.2) is 9.97 Å². The van der Waals surface area contributed by atoms with E-state index in [9.17, 15) is 38.4 Å².